The minimum absolute atomic E-state index is 0.191. The van der Waals surface area contributed by atoms with Gasteiger partial charge >= 0.3 is 0 Å². The first-order chi connectivity index (χ1) is 9.26. The number of aliphatic hydroxyl groups excluding tert-OH is 1. The molecule has 98 valence electrons. The van der Waals surface area contributed by atoms with E-state index in [2.05, 4.69) is 10.3 Å². The van der Waals surface area contributed by atoms with E-state index >= 15 is 0 Å². The largest absolute Gasteiger partial charge is 0.505 e. The number of aromatic nitrogens is 1. The lowest BCUT2D eigenvalue weighted by Crippen LogP contribution is -2.08. The normalized spacial score (nSPS) is 11.7. The smallest absolute Gasteiger partial charge is 0.146 e. The Morgan fingerprint density at radius 1 is 1.05 bits per heavy atom. The van der Waals surface area contributed by atoms with Crippen LogP contribution in [0.15, 0.2) is 48.8 Å². The number of pyridine rings is 1. The second-order valence-electron chi connectivity index (χ2n) is 3.94. The average molecular weight is 256 g/mol. The van der Waals surface area contributed by atoms with E-state index in [0.29, 0.717) is 5.70 Å². The van der Waals surface area contributed by atoms with E-state index in [9.17, 15) is 5.11 Å². The van der Waals surface area contributed by atoms with E-state index in [1.54, 1.807) is 26.6 Å². The maximum absolute atomic E-state index is 10.4. The first-order valence-corrected chi connectivity index (χ1v) is 5.92. The Balaban J connectivity index is 2.42. The third kappa shape index (κ3) is 2.85. The van der Waals surface area contributed by atoms with E-state index in [1.165, 1.54) is 0 Å². The van der Waals surface area contributed by atoms with Gasteiger partial charge in [-0.15, -0.1) is 0 Å². The van der Waals surface area contributed by atoms with Crippen molar-refractivity contribution in [1.82, 2.24) is 10.3 Å². The van der Waals surface area contributed by atoms with Gasteiger partial charge in [0.15, 0.2) is 0 Å². The van der Waals surface area contributed by atoms with E-state index < -0.39 is 0 Å². The molecule has 0 fully saturated rings. The number of methoxy groups -OCH3 is 1. The van der Waals surface area contributed by atoms with Crippen molar-refractivity contribution >= 4 is 11.5 Å². The third-order valence-corrected chi connectivity index (χ3v) is 2.82. The Kier molecular flexibility index (Phi) is 4.03. The van der Waals surface area contributed by atoms with Crippen molar-refractivity contribution < 1.29 is 9.84 Å². The van der Waals surface area contributed by atoms with Gasteiger partial charge in [-0.25, -0.2) is 0 Å². The summed E-state index contributed by atoms with van der Waals surface area (Å²) in [5.74, 6) is 0.947. The van der Waals surface area contributed by atoms with Crippen LogP contribution in [0, 0.1) is 0 Å². The maximum atomic E-state index is 10.4. The third-order valence-electron chi connectivity index (χ3n) is 2.82. The number of nitrogens with zero attached hydrogens (tertiary/aromatic N) is 1. The fraction of sp³-hybridized carbons (Fsp3) is 0.133. The molecule has 0 aliphatic carbocycles. The maximum Gasteiger partial charge on any atom is 0.146 e. The van der Waals surface area contributed by atoms with Crippen LogP contribution in [-0.4, -0.2) is 24.2 Å². The molecular weight excluding hydrogens is 240 g/mol. The number of rotatable bonds is 4. The number of benzene rings is 1. The summed E-state index contributed by atoms with van der Waals surface area (Å²) in [6.07, 6.45) is 3.38. The summed E-state index contributed by atoms with van der Waals surface area (Å²) >= 11 is 0. The molecule has 4 nitrogen and oxygen atoms in total. The molecule has 2 aromatic rings. The van der Waals surface area contributed by atoms with E-state index in [4.69, 9.17) is 4.74 Å². The van der Waals surface area contributed by atoms with Crippen LogP contribution in [0.2, 0.25) is 0 Å². The summed E-state index contributed by atoms with van der Waals surface area (Å²) in [6.45, 7) is 0. The molecule has 19 heavy (non-hydrogen) atoms. The van der Waals surface area contributed by atoms with E-state index in [-0.39, 0.29) is 5.76 Å². The second-order valence-corrected chi connectivity index (χ2v) is 3.94. The molecule has 0 aliphatic rings. The molecule has 2 N–H and O–H groups in total. The average Bonchev–Trinajstić information content (AvgIpc) is 2.49. The van der Waals surface area contributed by atoms with Crippen LogP contribution in [0.5, 0.6) is 5.75 Å². The molecule has 4 heteroatoms. The van der Waals surface area contributed by atoms with Crippen molar-refractivity contribution in [3.05, 3.63) is 59.9 Å². The Morgan fingerprint density at radius 3 is 2.21 bits per heavy atom. The quantitative estimate of drug-likeness (QED) is 0.826. The minimum Gasteiger partial charge on any atom is -0.505 e. The summed E-state index contributed by atoms with van der Waals surface area (Å²) in [4.78, 5) is 3.97. The van der Waals surface area contributed by atoms with Crippen LogP contribution in [0.25, 0.3) is 11.5 Å². The number of ether oxygens (including phenoxy) is 1. The Hall–Kier alpha value is -2.49. The molecule has 0 unspecified atom stereocenters. The lowest BCUT2D eigenvalue weighted by Gasteiger charge is -2.11. The van der Waals surface area contributed by atoms with Gasteiger partial charge in [-0.2, -0.15) is 0 Å². The highest BCUT2D eigenvalue weighted by Gasteiger charge is 2.09. The fourth-order valence-electron chi connectivity index (χ4n) is 1.81. The van der Waals surface area contributed by atoms with Crippen LogP contribution in [-0.2, 0) is 0 Å². The monoisotopic (exact) mass is 256 g/mol. The van der Waals surface area contributed by atoms with Gasteiger partial charge in [-0.1, -0.05) is 0 Å². The van der Waals surface area contributed by atoms with Gasteiger partial charge in [0.25, 0.3) is 0 Å². The zero-order valence-corrected chi connectivity index (χ0v) is 10.9. The van der Waals surface area contributed by atoms with Crippen molar-refractivity contribution in [2.75, 3.05) is 14.2 Å². The Bertz CT molecular complexity index is 562. The van der Waals surface area contributed by atoms with Gasteiger partial charge in [0.05, 0.1) is 12.8 Å². The van der Waals surface area contributed by atoms with Gasteiger partial charge in [0, 0.05) is 30.6 Å². The van der Waals surface area contributed by atoms with Crippen LogP contribution >= 0.6 is 0 Å². The van der Waals surface area contributed by atoms with Gasteiger partial charge in [0.1, 0.15) is 11.5 Å². The summed E-state index contributed by atoms with van der Waals surface area (Å²) in [6, 6.07) is 10.9. The first-order valence-electron chi connectivity index (χ1n) is 5.92. The van der Waals surface area contributed by atoms with Crippen molar-refractivity contribution in [2.45, 2.75) is 0 Å². The Morgan fingerprint density at radius 2 is 1.68 bits per heavy atom. The molecule has 0 atom stereocenters. The van der Waals surface area contributed by atoms with Crippen LogP contribution < -0.4 is 10.1 Å². The minimum atomic E-state index is 0.191. The van der Waals surface area contributed by atoms with Crippen molar-refractivity contribution in [3.63, 3.8) is 0 Å². The molecule has 1 aromatic heterocycles. The molecule has 0 aliphatic heterocycles. The van der Waals surface area contributed by atoms with Crippen LogP contribution in [0.3, 0.4) is 0 Å². The summed E-state index contributed by atoms with van der Waals surface area (Å²) < 4.78 is 5.10. The molecule has 0 radical (unpaired) electrons. The molecule has 0 bridgehead atoms. The molecule has 2 rings (SSSR count). The summed E-state index contributed by atoms with van der Waals surface area (Å²) in [5.41, 5.74) is 2.26. The van der Waals surface area contributed by atoms with Gasteiger partial charge in [0.2, 0.25) is 0 Å². The molecule has 0 spiro atoms. The molecule has 1 aromatic carbocycles. The summed E-state index contributed by atoms with van der Waals surface area (Å²) in [5, 5.41) is 13.4. The number of nitrogens with one attached hydrogen (secondary N) is 1. The SMILES string of the molecule is CN/C(=C(\O)c1ccc(OC)cc1)c1ccncc1. The zero-order chi connectivity index (χ0) is 13.7. The highest BCUT2D eigenvalue weighted by Crippen LogP contribution is 2.23. The number of aliphatic hydroxyl groups is 1. The lowest BCUT2D eigenvalue weighted by molar-refractivity contribution is 0.414. The second kappa shape index (κ2) is 5.91. The zero-order valence-electron chi connectivity index (χ0n) is 10.9. The predicted octanol–water partition coefficient (Wildman–Crippen LogP) is 2.69. The molecule has 0 saturated heterocycles. The van der Waals surface area contributed by atoms with E-state index in [1.807, 2.05) is 36.4 Å². The number of hydrogen-bond donors (Lipinski definition) is 2. The number of hydrogen-bond acceptors (Lipinski definition) is 4. The molecule has 0 saturated carbocycles. The van der Waals surface area contributed by atoms with Gasteiger partial charge in [-0.3, -0.25) is 4.98 Å². The van der Waals surface area contributed by atoms with Crippen LogP contribution in [0.1, 0.15) is 11.1 Å². The highest BCUT2D eigenvalue weighted by molar-refractivity contribution is 5.85. The molecule has 0 amide bonds. The Labute approximate surface area is 112 Å². The standard InChI is InChI=1S/C15H16N2O2/c1-16-14(11-7-9-17-10-8-11)15(18)12-3-5-13(19-2)6-4-12/h3-10,16,18H,1-2H3/b15-14-. The fourth-order valence-corrected chi connectivity index (χ4v) is 1.81. The van der Waals surface area contributed by atoms with Crippen LogP contribution in [0.4, 0.5) is 0 Å². The molecular formula is C15H16N2O2. The van der Waals surface area contributed by atoms with Crippen molar-refractivity contribution in [3.8, 4) is 5.75 Å². The lowest BCUT2D eigenvalue weighted by atomic mass is 10.1. The van der Waals surface area contributed by atoms with E-state index in [0.717, 1.165) is 16.9 Å². The van der Waals surface area contributed by atoms with Crippen molar-refractivity contribution in [2.24, 2.45) is 0 Å². The topological polar surface area (TPSA) is 54.4 Å². The summed E-state index contributed by atoms with van der Waals surface area (Å²) in [7, 11) is 3.39. The van der Waals surface area contributed by atoms with Gasteiger partial charge < -0.3 is 15.2 Å². The van der Waals surface area contributed by atoms with Gasteiger partial charge in [-0.05, 0) is 36.4 Å². The predicted molar refractivity (Wildman–Crippen MR) is 75.7 cm³/mol. The first kappa shape index (κ1) is 13.0. The highest BCUT2D eigenvalue weighted by atomic mass is 16.5. The molecule has 1 heterocycles. The van der Waals surface area contributed by atoms with Crippen molar-refractivity contribution in [1.29, 1.82) is 0 Å².